The van der Waals surface area contributed by atoms with Crippen LogP contribution in [-0.2, 0) is 4.74 Å². The lowest BCUT2D eigenvalue weighted by atomic mass is 9.75. The Balaban J connectivity index is 2.21. The fourth-order valence-electron chi connectivity index (χ4n) is 3.41. The van der Waals surface area contributed by atoms with Crippen LogP contribution in [0.5, 0.6) is 0 Å². The number of hydrogen-bond acceptors (Lipinski definition) is 2. The molecule has 0 amide bonds. The summed E-state index contributed by atoms with van der Waals surface area (Å²) in [7, 11) is 2.36. The smallest absolute Gasteiger partial charge is 0.288 e. The van der Waals surface area contributed by atoms with Crippen molar-refractivity contribution in [2.45, 2.75) is 89.8 Å². The van der Waals surface area contributed by atoms with Gasteiger partial charge in [-0.1, -0.05) is 25.1 Å². The Hall–Kier alpha value is -0.665. The van der Waals surface area contributed by atoms with Gasteiger partial charge in [0.2, 0.25) is 0 Å². The second-order valence-corrected chi connectivity index (χ2v) is 6.86. The van der Waals surface area contributed by atoms with Crippen molar-refractivity contribution < 1.29 is 4.74 Å². The number of hydrogen-bond donors (Lipinski definition) is 0. The second-order valence-electron chi connectivity index (χ2n) is 6.86. The average molecular weight is 264 g/mol. The lowest BCUT2D eigenvalue weighted by molar-refractivity contribution is 0.150. The molecule has 3 unspecified atom stereocenters. The fraction of sp³-hybridized carbons (Fsp3) is 0.933. The Morgan fingerprint density at radius 3 is 2.53 bits per heavy atom. The predicted octanol–water partition coefficient (Wildman–Crippen LogP) is 2.61. The molecule has 0 aromatic rings. The molecule has 0 aromatic carbocycles. The van der Waals surface area contributed by atoms with Crippen molar-refractivity contribution in [3.63, 3.8) is 0 Å². The number of nitrogens with zero attached hydrogens (tertiary/aromatic N) is 2. The van der Waals surface area contributed by atoms with E-state index in [1.165, 1.54) is 32.1 Å². The molecule has 2 rings (SSSR count). The summed E-state index contributed by atoms with van der Waals surface area (Å²) in [6.07, 6.45) is 6.85. The topological polar surface area (TPSA) is 24.8 Å². The zero-order valence-corrected chi connectivity index (χ0v) is 13.2. The first-order valence-electron chi connectivity index (χ1n) is 8.01. The molecule has 0 aromatic heterocycles. The third kappa shape index (κ3) is 3.46. The molecule has 0 radical (unpaired) electrons. The summed E-state index contributed by atoms with van der Waals surface area (Å²) in [5.41, 5.74) is 0. The van der Waals surface area contributed by atoms with E-state index < -0.39 is 0 Å². The molecule has 3 atom stereocenters. The quantitative estimate of drug-likeness (QED) is 0.716. The standard InChI is InChI=1S/C15H29BN2O/c1-10(2)17-15-18(11(3)4)13-8-6-5-7-12(16)9-14(13)19-15/h10-14H,5-9,16H2,1-4H3/b17-15+. The SMILES string of the molecule is BC1CCCCC2C(C1)O/C(=N/C(C)C)N2C(C)C. The molecule has 19 heavy (non-hydrogen) atoms. The van der Waals surface area contributed by atoms with Crippen molar-refractivity contribution in [3.05, 3.63) is 0 Å². The van der Waals surface area contributed by atoms with Gasteiger partial charge < -0.3 is 9.64 Å². The molecule has 1 saturated heterocycles. The molecule has 1 heterocycles. The van der Waals surface area contributed by atoms with Crippen molar-refractivity contribution in [1.29, 1.82) is 0 Å². The van der Waals surface area contributed by atoms with Gasteiger partial charge in [-0.05, 0) is 40.5 Å². The summed E-state index contributed by atoms with van der Waals surface area (Å²) in [5, 5.41) is 0. The van der Waals surface area contributed by atoms with Gasteiger partial charge in [-0.25, -0.2) is 4.99 Å². The Morgan fingerprint density at radius 1 is 1.21 bits per heavy atom. The lowest BCUT2D eigenvalue weighted by Gasteiger charge is -2.31. The molecule has 2 aliphatic rings. The Bertz CT molecular complexity index is 330. The van der Waals surface area contributed by atoms with Crippen molar-refractivity contribution in [2.75, 3.05) is 0 Å². The highest BCUT2D eigenvalue weighted by Crippen LogP contribution is 2.35. The van der Waals surface area contributed by atoms with E-state index in [1.54, 1.807) is 0 Å². The van der Waals surface area contributed by atoms with E-state index in [1.807, 2.05) is 0 Å². The van der Waals surface area contributed by atoms with Crippen LogP contribution in [0.4, 0.5) is 0 Å². The van der Waals surface area contributed by atoms with Crippen LogP contribution in [-0.4, -0.2) is 43.0 Å². The second kappa shape index (κ2) is 6.19. The van der Waals surface area contributed by atoms with Gasteiger partial charge in [0, 0.05) is 12.1 Å². The first-order chi connectivity index (χ1) is 8.99. The molecular weight excluding hydrogens is 235 g/mol. The van der Waals surface area contributed by atoms with E-state index in [0.717, 1.165) is 11.8 Å². The average Bonchev–Trinajstić information content (AvgIpc) is 2.58. The Kier molecular flexibility index (Phi) is 4.80. The molecule has 108 valence electrons. The minimum absolute atomic E-state index is 0.304. The Morgan fingerprint density at radius 2 is 1.89 bits per heavy atom. The molecular formula is C15H29BN2O. The van der Waals surface area contributed by atoms with Crippen LogP contribution >= 0.6 is 0 Å². The van der Waals surface area contributed by atoms with Crippen LogP contribution in [0.15, 0.2) is 4.99 Å². The van der Waals surface area contributed by atoms with Crippen molar-refractivity contribution in [3.8, 4) is 0 Å². The third-order valence-corrected chi connectivity index (χ3v) is 4.27. The van der Waals surface area contributed by atoms with E-state index >= 15 is 0 Å². The van der Waals surface area contributed by atoms with Crippen LogP contribution in [0, 0.1) is 0 Å². The van der Waals surface area contributed by atoms with Gasteiger partial charge in [0.25, 0.3) is 6.02 Å². The summed E-state index contributed by atoms with van der Waals surface area (Å²) in [6, 6.07) is 2.22. The highest BCUT2D eigenvalue weighted by Gasteiger charge is 2.42. The number of aliphatic imine (C=N–C) groups is 1. The van der Waals surface area contributed by atoms with E-state index in [0.29, 0.717) is 24.2 Å². The fourth-order valence-corrected chi connectivity index (χ4v) is 3.41. The summed E-state index contributed by atoms with van der Waals surface area (Å²) in [6.45, 7) is 8.75. The van der Waals surface area contributed by atoms with E-state index in [-0.39, 0.29) is 0 Å². The first kappa shape index (κ1) is 14.7. The molecule has 1 aliphatic carbocycles. The van der Waals surface area contributed by atoms with Gasteiger partial charge in [0.1, 0.15) is 14.0 Å². The van der Waals surface area contributed by atoms with Gasteiger partial charge in [-0.2, -0.15) is 0 Å². The van der Waals surface area contributed by atoms with Crippen molar-refractivity contribution in [1.82, 2.24) is 4.90 Å². The van der Waals surface area contributed by atoms with Crippen LogP contribution in [0.2, 0.25) is 5.82 Å². The van der Waals surface area contributed by atoms with Gasteiger partial charge in [0.05, 0.1) is 6.04 Å². The molecule has 3 nitrogen and oxygen atoms in total. The summed E-state index contributed by atoms with van der Waals surface area (Å²) >= 11 is 0. The van der Waals surface area contributed by atoms with Crippen molar-refractivity contribution in [2.24, 2.45) is 4.99 Å². The van der Waals surface area contributed by atoms with Gasteiger partial charge >= 0.3 is 0 Å². The first-order valence-corrected chi connectivity index (χ1v) is 8.01. The van der Waals surface area contributed by atoms with Crippen LogP contribution in [0.25, 0.3) is 0 Å². The molecule has 0 bridgehead atoms. The molecule has 1 saturated carbocycles. The lowest BCUT2D eigenvalue weighted by Crippen LogP contribution is -2.42. The van der Waals surface area contributed by atoms with Crippen LogP contribution in [0.3, 0.4) is 0 Å². The Labute approximate surface area is 119 Å². The minimum atomic E-state index is 0.304. The number of amidine groups is 1. The number of rotatable bonds is 2. The largest absolute Gasteiger partial charge is 0.460 e. The van der Waals surface area contributed by atoms with Gasteiger partial charge in [-0.3, -0.25) is 0 Å². The summed E-state index contributed by atoms with van der Waals surface area (Å²) in [5.74, 6) is 0.778. The predicted molar refractivity (Wildman–Crippen MR) is 83.6 cm³/mol. The van der Waals surface area contributed by atoms with E-state index in [4.69, 9.17) is 9.73 Å². The number of fused-ring (bicyclic) bond motifs is 1. The third-order valence-electron chi connectivity index (χ3n) is 4.27. The molecule has 0 N–H and O–H groups in total. The highest BCUT2D eigenvalue weighted by atomic mass is 16.5. The maximum absolute atomic E-state index is 6.23. The van der Waals surface area contributed by atoms with Crippen LogP contribution in [0.1, 0.15) is 59.8 Å². The number of ether oxygens (including phenoxy) is 1. The molecule has 1 aliphatic heterocycles. The van der Waals surface area contributed by atoms with Gasteiger partial charge in [0.15, 0.2) is 0 Å². The zero-order chi connectivity index (χ0) is 14.0. The van der Waals surface area contributed by atoms with E-state index in [9.17, 15) is 0 Å². The van der Waals surface area contributed by atoms with E-state index in [2.05, 4.69) is 40.4 Å². The minimum Gasteiger partial charge on any atom is -0.460 e. The van der Waals surface area contributed by atoms with Gasteiger partial charge in [-0.15, -0.1) is 0 Å². The highest BCUT2D eigenvalue weighted by molar-refractivity contribution is 6.11. The normalized spacial score (nSPS) is 34.3. The summed E-state index contributed by atoms with van der Waals surface area (Å²) < 4.78 is 6.23. The van der Waals surface area contributed by atoms with Crippen LogP contribution < -0.4 is 0 Å². The summed E-state index contributed by atoms with van der Waals surface area (Å²) in [4.78, 5) is 7.14. The maximum Gasteiger partial charge on any atom is 0.288 e. The molecule has 4 heteroatoms. The van der Waals surface area contributed by atoms with Crippen molar-refractivity contribution >= 4 is 13.9 Å². The molecule has 2 fully saturated rings. The maximum atomic E-state index is 6.23. The monoisotopic (exact) mass is 264 g/mol. The molecule has 0 spiro atoms. The zero-order valence-electron chi connectivity index (χ0n) is 13.2.